The van der Waals surface area contributed by atoms with E-state index in [1.165, 1.54) is 24.9 Å². The van der Waals surface area contributed by atoms with E-state index in [0.29, 0.717) is 12.0 Å². The van der Waals surface area contributed by atoms with Crippen LogP contribution in [0.3, 0.4) is 0 Å². The van der Waals surface area contributed by atoms with Gasteiger partial charge in [0, 0.05) is 12.6 Å². The van der Waals surface area contributed by atoms with Gasteiger partial charge in [0.25, 0.3) is 0 Å². The molecule has 1 aromatic carbocycles. The first-order valence-electron chi connectivity index (χ1n) is 7.79. The molecule has 112 valence electrons. The van der Waals surface area contributed by atoms with Crippen molar-refractivity contribution in [3.05, 3.63) is 23.8 Å². The Hall–Kier alpha value is -1.59. The van der Waals surface area contributed by atoms with E-state index in [1.54, 1.807) is 0 Å². The van der Waals surface area contributed by atoms with Gasteiger partial charge in [-0.1, -0.05) is 6.07 Å². The topological polar surface area (TPSA) is 56.3 Å². The lowest BCUT2D eigenvalue weighted by atomic mass is 10.2. The van der Waals surface area contributed by atoms with Crippen LogP contribution in [0.15, 0.2) is 18.2 Å². The van der Waals surface area contributed by atoms with Crippen LogP contribution in [0.2, 0.25) is 0 Å². The molecule has 2 N–H and O–H groups in total. The number of imidazole rings is 1. The smallest absolute Gasteiger partial charge is 0.201 e. The van der Waals surface area contributed by atoms with E-state index in [9.17, 15) is 0 Å². The van der Waals surface area contributed by atoms with Gasteiger partial charge in [-0.2, -0.15) is 0 Å². The maximum absolute atomic E-state index is 6.11. The van der Waals surface area contributed by atoms with E-state index in [0.717, 1.165) is 30.7 Å². The van der Waals surface area contributed by atoms with E-state index in [4.69, 9.17) is 10.5 Å². The summed E-state index contributed by atoms with van der Waals surface area (Å²) in [4.78, 5) is 7.02. The van der Waals surface area contributed by atoms with Crippen molar-refractivity contribution in [2.45, 2.75) is 38.5 Å². The fourth-order valence-corrected chi connectivity index (χ4v) is 3.64. The standard InChI is InChI=1S/C16H22N4O/c1-11-4-5-14-15(7-11)20(16(17)18-14)9-13-8-19-6-2-3-12(19)10-21-13/h4-5,7,12-13H,2-3,6,8-10H2,1H3,(H2,17,18). The van der Waals surface area contributed by atoms with Gasteiger partial charge in [-0.15, -0.1) is 0 Å². The highest BCUT2D eigenvalue weighted by atomic mass is 16.5. The molecule has 5 nitrogen and oxygen atoms in total. The van der Waals surface area contributed by atoms with Gasteiger partial charge in [0.2, 0.25) is 5.95 Å². The monoisotopic (exact) mass is 286 g/mol. The second kappa shape index (κ2) is 5.00. The summed E-state index contributed by atoms with van der Waals surface area (Å²) in [7, 11) is 0. The highest BCUT2D eigenvalue weighted by Gasteiger charge is 2.32. The molecular formula is C16H22N4O. The number of nitrogens with zero attached hydrogens (tertiary/aromatic N) is 3. The number of aromatic nitrogens is 2. The summed E-state index contributed by atoms with van der Waals surface area (Å²) < 4.78 is 8.15. The van der Waals surface area contributed by atoms with E-state index >= 15 is 0 Å². The number of hydrogen-bond donors (Lipinski definition) is 1. The number of hydrogen-bond acceptors (Lipinski definition) is 4. The lowest BCUT2D eigenvalue weighted by Gasteiger charge is -2.35. The number of rotatable bonds is 2. The molecule has 0 amide bonds. The van der Waals surface area contributed by atoms with Crippen LogP contribution in [-0.4, -0.2) is 46.3 Å². The SMILES string of the molecule is Cc1ccc2nc(N)n(CC3CN4CCCC4CO3)c2c1. The van der Waals surface area contributed by atoms with Crippen molar-refractivity contribution in [3.8, 4) is 0 Å². The van der Waals surface area contributed by atoms with E-state index in [1.807, 2.05) is 6.07 Å². The Kier molecular flexibility index (Phi) is 3.12. The number of aryl methyl sites for hydroxylation is 1. The molecule has 5 heteroatoms. The van der Waals surface area contributed by atoms with Crippen molar-refractivity contribution in [3.63, 3.8) is 0 Å². The number of fused-ring (bicyclic) bond motifs is 2. The number of benzene rings is 1. The van der Waals surface area contributed by atoms with Crippen LogP contribution < -0.4 is 5.73 Å². The van der Waals surface area contributed by atoms with Crippen LogP contribution in [0.25, 0.3) is 11.0 Å². The molecule has 2 saturated heterocycles. The predicted molar refractivity (Wildman–Crippen MR) is 83.2 cm³/mol. The van der Waals surface area contributed by atoms with Crippen molar-refractivity contribution in [1.29, 1.82) is 0 Å². The van der Waals surface area contributed by atoms with E-state index < -0.39 is 0 Å². The van der Waals surface area contributed by atoms with Crippen LogP contribution >= 0.6 is 0 Å². The summed E-state index contributed by atoms with van der Waals surface area (Å²) in [6.07, 6.45) is 2.79. The molecule has 21 heavy (non-hydrogen) atoms. The minimum atomic E-state index is 0.208. The molecule has 0 saturated carbocycles. The van der Waals surface area contributed by atoms with Crippen LogP contribution in [0.1, 0.15) is 18.4 Å². The molecule has 2 aromatic rings. The third-order valence-corrected chi connectivity index (χ3v) is 4.78. The van der Waals surface area contributed by atoms with Gasteiger partial charge in [-0.25, -0.2) is 4.98 Å². The summed E-state index contributed by atoms with van der Waals surface area (Å²) in [6, 6.07) is 6.90. The molecule has 0 aliphatic carbocycles. The Balaban J connectivity index is 1.59. The van der Waals surface area contributed by atoms with Gasteiger partial charge in [0.05, 0.1) is 30.3 Å². The maximum Gasteiger partial charge on any atom is 0.201 e. The van der Waals surface area contributed by atoms with Crippen molar-refractivity contribution in [2.75, 3.05) is 25.4 Å². The Morgan fingerprint density at radius 2 is 2.33 bits per heavy atom. The number of ether oxygens (including phenoxy) is 1. The first kappa shape index (κ1) is 13.1. The quantitative estimate of drug-likeness (QED) is 0.914. The first-order chi connectivity index (χ1) is 10.2. The summed E-state index contributed by atoms with van der Waals surface area (Å²) >= 11 is 0. The van der Waals surface area contributed by atoms with Crippen molar-refractivity contribution >= 4 is 17.0 Å². The average Bonchev–Trinajstić information content (AvgIpc) is 3.04. The lowest BCUT2D eigenvalue weighted by Crippen LogP contribution is -2.47. The predicted octanol–water partition coefficient (Wildman–Crippen LogP) is 1.79. The Morgan fingerprint density at radius 1 is 1.43 bits per heavy atom. The van der Waals surface area contributed by atoms with Gasteiger partial charge < -0.3 is 15.0 Å². The third kappa shape index (κ3) is 2.30. The number of morpholine rings is 1. The lowest BCUT2D eigenvalue weighted by molar-refractivity contribution is -0.0545. The molecular weight excluding hydrogens is 264 g/mol. The molecule has 2 aliphatic heterocycles. The summed E-state index contributed by atoms with van der Waals surface area (Å²) in [5, 5.41) is 0. The highest BCUT2D eigenvalue weighted by molar-refractivity contribution is 5.79. The van der Waals surface area contributed by atoms with Crippen LogP contribution in [0.5, 0.6) is 0 Å². The fraction of sp³-hybridized carbons (Fsp3) is 0.562. The number of nitrogens with two attached hydrogens (primary N) is 1. The van der Waals surface area contributed by atoms with Crippen molar-refractivity contribution in [2.24, 2.45) is 0 Å². The summed E-state index contributed by atoms with van der Waals surface area (Å²) in [6.45, 7) is 5.96. The van der Waals surface area contributed by atoms with Gasteiger partial charge in [0.1, 0.15) is 0 Å². The molecule has 1 aromatic heterocycles. The molecule has 2 aliphatic rings. The van der Waals surface area contributed by atoms with Crippen LogP contribution in [-0.2, 0) is 11.3 Å². The van der Waals surface area contributed by atoms with Crippen molar-refractivity contribution in [1.82, 2.24) is 14.5 Å². The minimum absolute atomic E-state index is 0.208. The second-order valence-electron chi connectivity index (χ2n) is 6.32. The molecule has 0 spiro atoms. The minimum Gasteiger partial charge on any atom is -0.373 e. The van der Waals surface area contributed by atoms with Gasteiger partial charge in [-0.05, 0) is 44.0 Å². The third-order valence-electron chi connectivity index (χ3n) is 4.78. The molecule has 4 rings (SSSR count). The largest absolute Gasteiger partial charge is 0.373 e. The van der Waals surface area contributed by atoms with Crippen molar-refractivity contribution < 1.29 is 4.74 Å². The Labute approximate surface area is 124 Å². The van der Waals surface area contributed by atoms with E-state index in [-0.39, 0.29) is 6.10 Å². The average molecular weight is 286 g/mol. The molecule has 2 unspecified atom stereocenters. The Bertz CT molecular complexity index is 666. The van der Waals surface area contributed by atoms with E-state index in [2.05, 4.69) is 33.5 Å². The number of anilines is 1. The maximum atomic E-state index is 6.11. The number of nitrogen functional groups attached to an aromatic ring is 1. The van der Waals surface area contributed by atoms with Gasteiger partial charge in [-0.3, -0.25) is 4.90 Å². The summed E-state index contributed by atoms with van der Waals surface area (Å²) in [5.41, 5.74) is 9.42. The van der Waals surface area contributed by atoms with Gasteiger partial charge >= 0.3 is 0 Å². The van der Waals surface area contributed by atoms with Crippen LogP contribution in [0, 0.1) is 6.92 Å². The molecule has 2 atom stereocenters. The van der Waals surface area contributed by atoms with Crippen LogP contribution in [0.4, 0.5) is 5.95 Å². The fourth-order valence-electron chi connectivity index (χ4n) is 3.64. The zero-order chi connectivity index (χ0) is 14.4. The Morgan fingerprint density at radius 3 is 3.24 bits per heavy atom. The molecule has 0 radical (unpaired) electrons. The summed E-state index contributed by atoms with van der Waals surface area (Å²) in [5.74, 6) is 0.586. The normalized spacial score (nSPS) is 26.3. The zero-order valence-corrected chi connectivity index (χ0v) is 12.5. The zero-order valence-electron chi connectivity index (χ0n) is 12.5. The molecule has 3 heterocycles. The molecule has 2 fully saturated rings. The molecule has 0 bridgehead atoms. The first-order valence-corrected chi connectivity index (χ1v) is 7.79. The highest BCUT2D eigenvalue weighted by Crippen LogP contribution is 2.25. The second-order valence-corrected chi connectivity index (χ2v) is 6.32. The van der Waals surface area contributed by atoms with Gasteiger partial charge in [0.15, 0.2) is 0 Å².